The minimum atomic E-state index is -0.143. The standard InChI is InChI=1S/C33H59N3O3/c1-30(2,3)34-25-14-17-36(23-25)18-19-38-33(9,10)16-15-32(7,8)24-37-27-12-11-13-28(22-27)39-29-20-26(21-29)35-31(4,5)6/h11-13,22,25-26,29,34-35H,14-21,23-24H2,1-10H3/t25-,26?,29?/m0/s1. The lowest BCUT2D eigenvalue weighted by Gasteiger charge is -2.40. The van der Waals surface area contributed by atoms with E-state index in [0.29, 0.717) is 18.7 Å². The quantitative estimate of drug-likeness (QED) is 0.281. The van der Waals surface area contributed by atoms with Crippen LogP contribution in [0.3, 0.4) is 0 Å². The van der Waals surface area contributed by atoms with E-state index in [9.17, 15) is 0 Å². The van der Waals surface area contributed by atoms with E-state index in [1.807, 2.05) is 24.3 Å². The Morgan fingerprint density at radius 1 is 0.846 bits per heavy atom. The van der Waals surface area contributed by atoms with E-state index in [4.69, 9.17) is 14.2 Å². The number of benzene rings is 1. The summed E-state index contributed by atoms with van der Waals surface area (Å²) in [7, 11) is 0. The fourth-order valence-electron chi connectivity index (χ4n) is 5.50. The van der Waals surface area contributed by atoms with Crippen LogP contribution in [0.5, 0.6) is 11.5 Å². The molecule has 0 aromatic heterocycles. The Morgan fingerprint density at radius 2 is 1.49 bits per heavy atom. The number of ether oxygens (including phenoxy) is 3. The van der Waals surface area contributed by atoms with E-state index in [2.05, 4.69) is 84.8 Å². The van der Waals surface area contributed by atoms with Gasteiger partial charge in [-0.05, 0) is 112 Å². The molecule has 1 aromatic rings. The van der Waals surface area contributed by atoms with Gasteiger partial charge in [-0.15, -0.1) is 0 Å². The molecule has 0 spiro atoms. The van der Waals surface area contributed by atoms with Gasteiger partial charge in [-0.3, -0.25) is 4.90 Å². The highest BCUT2D eigenvalue weighted by Gasteiger charge is 2.33. The summed E-state index contributed by atoms with van der Waals surface area (Å²) in [6.07, 6.45) is 5.67. The SMILES string of the molecule is CC(C)(CCC(C)(C)OCCN1CC[C@H](NC(C)(C)C)C1)COc1cccc(OC2CC(NC(C)(C)C)C2)c1. The Hall–Kier alpha value is -1.34. The molecule has 1 saturated heterocycles. The van der Waals surface area contributed by atoms with Crippen LogP contribution in [0.2, 0.25) is 0 Å². The van der Waals surface area contributed by atoms with Gasteiger partial charge < -0.3 is 24.8 Å². The Bertz CT molecular complexity index is 881. The van der Waals surface area contributed by atoms with Crippen molar-refractivity contribution in [1.82, 2.24) is 15.5 Å². The zero-order chi connectivity index (χ0) is 28.9. The largest absolute Gasteiger partial charge is 0.493 e. The predicted molar refractivity (Wildman–Crippen MR) is 163 cm³/mol. The third-order valence-corrected chi connectivity index (χ3v) is 7.68. The third kappa shape index (κ3) is 12.4. The molecule has 1 atom stereocenters. The van der Waals surface area contributed by atoms with Crippen molar-refractivity contribution in [2.75, 3.05) is 32.8 Å². The van der Waals surface area contributed by atoms with E-state index in [1.54, 1.807) is 0 Å². The summed E-state index contributed by atoms with van der Waals surface area (Å²) < 4.78 is 18.8. The smallest absolute Gasteiger partial charge is 0.123 e. The first kappa shape index (κ1) is 32.2. The van der Waals surface area contributed by atoms with E-state index in [1.165, 1.54) is 6.42 Å². The summed E-state index contributed by atoms with van der Waals surface area (Å²) in [6, 6.07) is 9.26. The molecule has 6 nitrogen and oxygen atoms in total. The van der Waals surface area contributed by atoms with Gasteiger partial charge in [0.1, 0.15) is 17.6 Å². The van der Waals surface area contributed by atoms with Crippen molar-refractivity contribution in [2.45, 2.75) is 136 Å². The second-order valence-corrected chi connectivity index (χ2v) is 15.5. The fraction of sp³-hybridized carbons (Fsp3) is 0.818. The van der Waals surface area contributed by atoms with Gasteiger partial charge in [0.05, 0.1) is 18.8 Å². The van der Waals surface area contributed by atoms with Crippen molar-refractivity contribution in [1.29, 1.82) is 0 Å². The molecule has 0 unspecified atom stereocenters. The Labute approximate surface area is 239 Å². The number of likely N-dealkylation sites (tertiary alicyclic amines) is 1. The summed E-state index contributed by atoms with van der Waals surface area (Å²) >= 11 is 0. The summed E-state index contributed by atoms with van der Waals surface area (Å²) in [5.41, 5.74) is 0.240. The van der Waals surface area contributed by atoms with Crippen molar-refractivity contribution in [3.8, 4) is 11.5 Å². The van der Waals surface area contributed by atoms with Crippen LogP contribution in [0, 0.1) is 5.41 Å². The van der Waals surface area contributed by atoms with Crippen LogP contribution >= 0.6 is 0 Å². The maximum atomic E-state index is 6.36. The molecule has 0 amide bonds. The molecule has 0 radical (unpaired) electrons. The van der Waals surface area contributed by atoms with E-state index >= 15 is 0 Å². The number of nitrogens with one attached hydrogen (secondary N) is 2. The molecule has 2 fully saturated rings. The van der Waals surface area contributed by atoms with Gasteiger partial charge in [-0.1, -0.05) is 19.9 Å². The van der Waals surface area contributed by atoms with Crippen molar-refractivity contribution >= 4 is 0 Å². The van der Waals surface area contributed by atoms with Gasteiger partial charge in [0, 0.05) is 42.3 Å². The van der Waals surface area contributed by atoms with Crippen molar-refractivity contribution in [3.05, 3.63) is 24.3 Å². The molecule has 39 heavy (non-hydrogen) atoms. The van der Waals surface area contributed by atoms with Gasteiger partial charge in [-0.25, -0.2) is 0 Å². The summed E-state index contributed by atoms with van der Waals surface area (Å²) in [4.78, 5) is 2.53. The topological polar surface area (TPSA) is 55.0 Å². The molecule has 0 bridgehead atoms. The van der Waals surface area contributed by atoms with E-state index in [-0.39, 0.29) is 28.2 Å². The number of nitrogens with zero attached hydrogens (tertiary/aromatic N) is 1. The summed E-state index contributed by atoms with van der Waals surface area (Å²) in [5.74, 6) is 1.78. The molecule has 6 heteroatoms. The summed E-state index contributed by atoms with van der Waals surface area (Å²) in [5, 5.41) is 7.39. The number of hydrogen-bond acceptors (Lipinski definition) is 6. The average molecular weight is 546 g/mol. The van der Waals surface area contributed by atoms with Gasteiger partial charge in [0.25, 0.3) is 0 Å². The first-order chi connectivity index (χ1) is 18.0. The van der Waals surface area contributed by atoms with Crippen LogP contribution in [0.15, 0.2) is 24.3 Å². The molecular formula is C33H59N3O3. The maximum absolute atomic E-state index is 6.36. The number of hydrogen-bond donors (Lipinski definition) is 2. The lowest BCUT2D eigenvalue weighted by Crippen LogP contribution is -2.53. The van der Waals surface area contributed by atoms with E-state index < -0.39 is 0 Å². The predicted octanol–water partition coefficient (Wildman–Crippen LogP) is 6.43. The van der Waals surface area contributed by atoms with Crippen LogP contribution in [-0.2, 0) is 4.74 Å². The maximum Gasteiger partial charge on any atom is 0.123 e. The lowest BCUT2D eigenvalue weighted by molar-refractivity contribution is -0.0387. The second-order valence-electron chi connectivity index (χ2n) is 15.5. The third-order valence-electron chi connectivity index (χ3n) is 7.68. The lowest BCUT2D eigenvalue weighted by atomic mass is 9.85. The van der Waals surface area contributed by atoms with Crippen LogP contribution in [0.1, 0.15) is 101 Å². The molecule has 1 aliphatic heterocycles. The van der Waals surface area contributed by atoms with Crippen molar-refractivity contribution < 1.29 is 14.2 Å². The molecule has 1 aromatic carbocycles. The van der Waals surface area contributed by atoms with Gasteiger partial charge in [-0.2, -0.15) is 0 Å². The Morgan fingerprint density at radius 3 is 2.15 bits per heavy atom. The molecule has 1 heterocycles. The van der Waals surface area contributed by atoms with Crippen molar-refractivity contribution in [3.63, 3.8) is 0 Å². The molecule has 2 aliphatic rings. The minimum absolute atomic E-state index is 0.0537. The second kappa shape index (κ2) is 13.1. The minimum Gasteiger partial charge on any atom is -0.493 e. The molecule has 224 valence electrons. The fourth-order valence-corrected chi connectivity index (χ4v) is 5.50. The van der Waals surface area contributed by atoms with Crippen LogP contribution in [0.4, 0.5) is 0 Å². The zero-order valence-corrected chi connectivity index (χ0v) is 26.8. The normalized spacial score (nSPS) is 23.1. The molecule has 1 aliphatic carbocycles. The zero-order valence-electron chi connectivity index (χ0n) is 26.8. The molecule has 3 rings (SSSR count). The highest BCUT2D eigenvalue weighted by Crippen LogP contribution is 2.32. The van der Waals surface area contributed by atoms with Gasteiger partial charge in [0.15, 0.2) is 0 Å². The molecular weight excluding hydrogens is 486 g/mol. The number of rotatable bonds is 14. The molecule has 2 N–H and O–H groups in total. The Kier molecular flexibility index (Phi) is 10.8. The Balaban J connectivity index is 1.34. The van der Waals surface area contributed by atoms with Gasteiger partial charge in [0.2, 0.25) is 0 Å². The average Bonchev–Trinajstić information content (AvgIpc) is 3.20. The van der Waals surface area contributed by atoms with E-state index in [0.717, 1.165) is 63.4 Å². The van der Waals surface area contributed by atoms with Crippen LogP contribution in [0.25, 0.3) is 0 Å². The summed E-state index contributed by atoms with van der Waals surface area (Å²) in [6.45, 7) is 27.1. The van der Waals surface area contributed by atoms with Crippen LogP contribution in [-0.4, -0.2) is 72.6 Å². The molecule has 1 saturated carbocycles. The van der Waals surface area contributed by atoms with Gasteiger partial charge >= 0.3 is 0 Å². The monoisotopic (exact) mass is 545 g/mol. The highest BCUT2D eigenvalue weighted by atomic mass is 16.5. The van der Waals surface area contributed by atoms with Crippen molar-refractivity contribution in [2.24, 2.45) is 5.41 Å². The highest BCUT2D eigenvalue weighted by molar-refractivity contribution is 5.33. The first-order valence-corrected chi connectivity index (χ1v) is 15.3. The van der Waals surface area contributed by atoms with Crippen LogP contribution < -0.4 is 20.1 Å². The first-order valence-electron chi connectivity index (χ1n) is 15.3.